The third-order valence-electron chi connectivity index (χ3n) is 3.82. The molecule has 0 aliphatic rings. The van der Waals surface area contributed by atoms with Crippen molar-refractivity contribution in [2.75, 3.05) is 11.4 Å². The van der Waals surface area contributed by atoms with E-state index in [1.165, 1.54) is 11.3 Å². The molecule has 1 aromatic rings. The van der Waals surface area contributed by atoms with Gasteiger partial charge in [-0.1, -0.05) is 41.0 Å². The lowest BCUT2D eigenvalue weighted by atomic mass is 10.1. The Morgan fingerprint density at radius 2 is 1.81 bits per heavy atom. The molecule has 1 heterocycles. The van der Waals surface area contributed by atoms with Gasteiger partial charge < -0.3 is 4.90 Å². The van der Waals surface area contributed by atoms with Crippen LogP contribution in [0.15, 0.2) is 12.1 Å². The summed E-state index contributed by atoms with van der Waals surface area (Å²) >= 11 is 6.08. The SMILES string of the molecule is CCCc1cc(CCl)cc(N(CC(C)C)C(CC)CC)n1. The van der Waals surface area contributed by atoms with Crippen LogP contribution in [0.25, 0.3) is 0 Å². The summed E-state index contributed by atoms with van der Waals surface area (Å²) in [6, 6.07) is 4.88. The fourth-order valence-corrected chi connectivity index (χ4v) is 2.95. The summed E-state index contributed by atoms with van der Waals surface area (Å²) in [5.41, 5.74) is 2.36. The van der Waals surface area contributed by atoms with E-state index in [1.54, 1.807) is 0 Å². The van der Waals surface area contributed by atoms with E-state index in [0.29, 0.717) is 17.8 Å². The van der Waals surface area contributed by atoms with Crippen LogP contribution in [0.2, 0.25) is 0 Å². The number of hydrogen-bond donors (Lipinski definition) is 0. The Bertz CT molecular complexity index is 414. The quantitative estimate of drug-likeness (QED) is 0.566. The van der Waals surface area contributed by atoms with E-state index >= 15 is 0 Å². The number of nitrogens with zero attached hydrogens (tertiary/aromatic N) is 2. The minimum atomic E-state index is 0.556. The lowest BCUT2D eigenvalue weighted by Crippen LogP contribution is -2.38. The standard InChI is InChI=1S/C18H31ClN2/c1-6-9-16-10-15(12-19)11-18(20-16)21(13-14(4)5)17(7-2)8-3/h10-11,14,17H,6-9,12-13H2,1-5H3. The van der Waals surface area contributed by atoms with Crippen molar-refractivity contribution in [2.45, 2.75) is 72.2 Å². The summed E-state index contributed by atoms with van der Waals surface area (Å²) in [6.07, 6.45) is 4.45. The highest BCUT2D eigenvalue weighted by atomic mass is 35.5. The molecule has 0 atom stereocenters. The Hall–Kier alpha value is -0.760. The molecular weight excluding hydrogens is 280 g/mol. The van der Waals surface area contributed by atoms with Gasteiger partial charge in [0.15, 0.2) is 0 Å². The molecule has 1 aromatic heterocycles. The Labute approximate surface area is 135 Å². The van der Waals surface area contributed by atoms with Crippen LogP contribution in [0.5, 0.6) is 0 Å². The molecule has 0 spiro atoms. The summed E-state index contributed by atoms with van der Waals surface area (Å²) in [5, 5.41) is 0. The molecule has 0 fully saturated rings. The van der Waals surface area contributed by atoms with E-state index in [2.05, 4.69) is 51.7 Å². The van der Waals surface area contributed by atoms with Gasteiger partial charge in [0.05, 0.1) is 0 Å². The molecule has 0 N–H and O–H groups in total. The van der Waals surface area contributed by atoms with Gasteiger partial charge in [-0.05, 0) is 42.9 Å². The van der Waals surface area contributed by atoms with Crippen LogP contribution in [-0.2, 0) is 12.3 Å². The molecule has 0 unspecified atom stereocenters. The van der Waals surface area contributed by atoms with Crippen molar-refractivity contribution in [3.8, 4) is 0 Å². The first kappa shape index (κ1) is 18.3. The molecule has 120 valence electrons. The first-order valence-electron chi connectivity index (χ1n) is 8.38. The molecule has 0 aromatic carbocycles. The maximum absolute atomic E-state index is 6.08. The smallest absolute Gasteiger partial charge is 0.129 e. The maximum atomic E-state index is 6.08. The van der Waals surface area contributed by atoms with Crippen LogP contribution in [0, 0.1) is 5.92 Å². The Morgan fingerprint density at radius 1 is 1.14 bits per heavy atom. The van der Waals surface area contributed by atoms with Crippen molar-refractivity contribution in [3.63, 3.8) is 0 Å². The van der Waals surface area contributed by atoms with Gasteiger partial charge in [0.2, 0.25) is 0 Å². The number of aromatic nitrogens is 1. The van der Waals surface area contributed by atoms with Crippen LogP contribution in [0.3, 0.4) is 0 Å². The predicted molar refractivity (Wildman–Crippen MR) is 94.3 cm³/mol. The number of halogens is 1. The zero-order valence-corrected chi connectivity index (χ0v) is 15.1. The molecule has 0 amide bonds. The predicted octanol–water partition coefficient (Wildman–Crippen LogP) is 5.42. The van der Waals surface area contributed by atoms with Gasteiger partial charge in [-0.15, -0.1) is 11.6 Å². The molecular formula is C18H31ClN2. The normalized spacial score (nSPS) is 11.4. The zero-order valence-electron chi connectivity index (χ0n) is 14.3. The first-order valence-corrected chi connectivity index (χ1v) is 8.91. The molecule has 0 aliphatic carbocycles. The van der Waals surface area contributed by atoms with Crippen molar-refractivity contribution >= 4 is 17.4 Å². The Morgan fingerprint density at radius 3 is 2.29 bits per heavy atom. The number of pyridine rings is 1. The van der Waals surface area contributed by atoms with E-state index in [0.717, 1.165) is 38.0 Å². The maximum Gasteiger partial charge on any atom is 0.129 e. The van der Waals surface area contributed by atoms with Gasteiger partial charge in [0, 0.05) is 24.2 Å². The molecule has 0 bridgehead atoms. The number of hydrogen-bond acceptors (Lipinski definition) is 2. The third-order valence-corrected chi connectivity index (χ3v) is 4.13. The topological polar surface area (TPSA) is 16.1 Å². The van der Waals surface area contributed by atoms with Crippen molar-refractivity contribution in [1.29, 1.82) is 0 Å². The lowest BCUT2D eigenvalue weighted by molar-refractivity contribution is 0.502. The van der Waals surface area contributed by atoms with Crippen molar-refractivity contribution < 1.29 is 0 Å². The largest absolute Gasteiger partial charge is 0.353 e. The van der Waals surface area contributed by atoms with Gasteiger partial charge in [0.1, 0.15) is 5.82 Å². The summed E-state index contributed by atoms with van der Waals surface area (Å²) in [4.78, 5) is 7.39. The second kappa shape index (κ2) is 9.30. The second-order valence-electron chi connectivity index (χ2n) is 6.23. The number of alkyl halides is 1. The van der Waals surface area contributed by atoms with Crippen LogP contribution >= 0.6 is 11.6 Å². The molecule has 0 saturated heterocycles. The summed E-state index contributed by atoms with van der Waals surface area (Å²) in [6.45, 7) is 12.3. The third kappa shape index (κ3) is 5.50. The fourth-order valence-electron chi connectivity index (χ4n) is 2.79. The lowest BCUT2D eigenvalue weighted by Gasteiger charge is -2.33. The zero-order chi connectivity index (χ0) is 15.8. The van der Waals surface area contributed by atoms with Crippen LogP contribution in [0.1, 0.15) is 65.1 Å². The van der Waals surface area contributed by atoms with E-state index in [1.807, 2.05) is 0 Å². The van der Waals surface area contributed by atoms with E-state index in [4.69, 9.17) is 16.6 Å². The second-order valence-corrected chi connectivity index (χ2v) is 6.49. The first-order chi connectivity index (χ1) is 10.0. The number of rotatable bonds is 9. The Balaban J connectivity index is 3.17. The number of anilines is 1. The highest BCUT2D eigenvalue weighted by molar-refractivity contribution is 6.17. The summed E-state index contributed by atoms with van der Waals surface area (Å²) in [5.74, 6) is 2.30. The van der Waals surface area contributed by atoms with E-state index in [-0.39, 0.29) is 0 Å². The van der Waals surface area contributed by atoms with Gasteiger partial charge in [-0.2, -0.15) is 0 Å². The minimum absolute atomic E-state index is 0.556. The van der Waals surface area contributed by atoms with Crippen molar-refractivity contribution in [2.24, 2.45) is 5.92 Å². The molecule has 0 saturated carbocycles. The van der Waals surface area contributed by atoms with E-state index < -0.39 is 0 Å². The van der Waals surface area contributed by atoms with E-state index in [9.17, 15) is 0 Å². The highest BCUT2D eigenvalue weighted by Gasteiger charge is 2.19. The molecule has 1 rings (SSSR count). The molecule has 3 heteroatoms. The van der Waals surface area contributed by atoms with Gasteiger partial charge in [-0.25, -0.2) is 4.98 Å². The Kier molecular flexibility index (Phi) is 8.10. The van der Waals surface area contributed by atoms with Crippen LogP contribution < -0.4 is 4.90 Å². The van der Waals surface area contributed by atoms with Crippen molar-refractivity contribution in [3.05, 3.63) is 23.4 Å². The van der Waals surface area contributed by atoms with Crippen LogP contribution in [0.4, 0.5) is 5.82 Å². The molecule has 2 nitrogen and oxygen atoms in total. The summed E-state index contributed by atoms with van der Waals surface area (Å²) in [7, 11) is 0. The minimum Gasteiger partial charge on any atom is -0.353 e. The van der Waals surface area contributed by atoms with Gasteiger partial charge in [0.25, 0.3) is 0 Å². The molecule has 0 radical (unpaired) electrons. The monoisotopic (exact) mass is 310 g/mol. The fraction of sp³-hybridized carbons (Fsp3) is 0.722. The van der Waals surface area contributed by atoms with Crippen molar-refractivity contribution in [1.82, 2.24) is 4.98 Å². The van der Waals surface area contributed by atoms with Crippen LogP contribution in [-0.4, -0.2) is 17.6 Å². The molecule has 0 aliphatic heterocycles. The highest BCUT2D eigenvalue weighted by Crippen LogP contribution is 2.23. The van der Waals surface area contributed by atoms with Gasteiger partial charge in [-0.3, -0.25) is 0 Å². The average molecular weight is 311 g/mol. The summed E-state index contributed by atoms with van der Waals surface area (Å²) < 4.78 is 0. The van der Waals surface area contributed by atoms with Gasteiger partial charge >= 0.3 is 0 Å². The number of aryl methyl sites for hydroxylation is 1. The average Bonchev–Trinajstić information content (AvgIpc) is 2.47. The molecule has 21 heavy (non-hydrogen) atoms.